The molecular formula is C18H22Cl3NO3. The molecular weight excluding hydrogens is 385 g/mol. The lowest BCUT2D eigenvalue weighted by molar-refractivity contribution is 0.199. The number of benzene rings is 2. The van der Waals surface area contributed by atoms with Crippen LogP contribution in [0.15, 0.2) is 36.4 Å². The summed E-state index contributed by atoms with van der Waals surface area (Å²) in [7, 11) is 3.30. The zero-order valence-corrected chi connectivity index (χ0v) is 16.5. The normalized spacial score (nSPS) is 10.2. The molecule has 0 saturated heterocycles. The first kappa shape index (κ1) is 21.9. The monoisotopic (exact) mass is 405 g/mol. The molecule has 138 valence electrons. The number of halogens is 3. The van der Waals surface area contributed by atoms with E-state index in [9.17, 15) is 0 Å². The lowest BCUT2D eigenvalue weighted by atomic mass is 10.2. The quantitative estimate of drug-likeness (QED) is 0.611. The second-order valence-electron chi connectivity index (χ2n) is 5.14. The highest BCUT2D eigenvalue weighted by atomic mass is 35.5. The van der Waals surface area contributed by atoms with E-state index in [0.717, 1.165) is 24.2 Å². The van der Waals surface area contributed by atoms with E-state index in [-0.39, 0.29) is 19.0 Å². The molecule has 2 aromatic rings. The largest absolute Gasteiger partial charge is 0.493 e. The van der Waals surface area contributed by atoms with Crippen molar-refractivity contribution >= 4 is 35.6 Å². The van der Waals surface area contributed by atoms with Gasteiger partial charge in [0.25, 0.3) is 0 Å². The van der Waals surface area contributed by atoms with Gasteiger partial charge in [0.05, 0.1) is 13.7 Å². The third-order valence-electron chi connectivity index (χ3n) is 3.47. The third kappa shape index (κ3) is 6.57. The van der Waals surface area contributed by atoms with Crippen molar-refractivity contribution in [2.24, 2.45) is 0 Å². The Balaban J connectivity index is 0.00000312. The second kappa shape index (κ2) is 11.4. The molecule has 0 fully saturated rings. The Labute approximate surface area is 164 Å². The van der Waals surface area contributed by atoms with E-state index >= 15 is 0 Å². The maximum absolute atomic E-state index is 6.16. The maximum atomic E-state index is 6.16. The predicted molar refractivity (Wildman–Crippen MR) is 105 cm³/mol. The summed E-state index contributed by atoms with van der Waals surface area (Å²) in [5, 5.41) is 4.46. The lowest BCUT2D eigenvalue weighted by Gasteiger charge is -2.14. The summed E-state index contributed by atoms with van der Waals surface area (Å²) in [4.78, 5) is 0. The van der Waals surface area contributed by atoms with Gasteiger partial charge in [0, 0.05) is 35.8 Å². The van der Waals surface area contributed by atoms with Gasteiger partial charge >= 0.3 is 0 Å². The molecule has 0 aliphatic carbocycles. The van der Waals surface area contributed by atoms with Crippen LogP contribution in [0.1, 0.15) is 11.1 Å². The van der Waals surface area contributed by atoms with Crippen molar-refractivity contribution in [1.82, 2.24) is 5.32 Å². The first-order valence-electron chi connectivity index (χ1n) is 7.58. The van der Waals surface area contributed by atoms with Gasteiger partial charge in [-0.15, -0.1) is 12.4 Å². The summed E-state index contributed by atoms with van der Waals surface area (Å²) in [6.07, 6.45) is 0. The van der Waals surface area contributed by atoms with Gasteiger partial charge in [0.15, 0.2) is 11.5 Å². The van der Waals surface area contributed by atoms with Crippen LogP contribution in [0, 0.1) is 0 Å². The Bertz CT molecular complexity index is 648. The van der Waals surface area contributed by atoms with Gasteiger partial charge in [-0.2, -0.15) is 0 Å². The molecule has 1 N–H and O–H groups in total. The Kier molecular flexibility index (Phi) is 10.0. The number of rotatable bonds is 9. The fraction of sp³-hybridized carbons (Fsp3) is 0.333. The number of nitrogens with one attached hydrogen (secondary N) is 1. The van der Waals surface area contributed by atoms with Crippen molar-refractivity contribution in [3.8, 4) is 11.5 Å². The molecule has 0 amide bonds. The van der Waals surface area contributed by atoms with E-state index in [2.05, 4.69) is 5.32 Å². The first-order chi connectivity index (χ1) is 11.7. The molecule has 0 aliphatic rings. The zero-order chi connectivity index (χ0) is 17.4. The zero-order valence-electron chi connectivity index (χ0n) is 14.2. The molecule has 2 rings (SSSR count). The van der Waals surface area contributed by atoms with Crippen LogP contribution in [-0.2, 0) is 17.9 Å². The molecule has 0 atom stereocenters. The van der Waals surface area contributed by atoms with E-state index in [1.165, 1.54) is 0 Å². The highest BCUT2D eigenvalue weighted by molar-refractivity contribution is 6.35. The summed E-state index contributed by atoms with van der Waals surface area (Å²) >= 11 is 12.3. The average Bonchev–Trinajstić information content (AvgIpc) is 2.59. The molecule has 0 spiro atoms. The molecule has 7 heteroatoms. The average molecular weight is 407 g/mol. The van der Waals surface area contributed by atoms with Crippen molar-refractivity contribution in [2.75, 3.05) is 27.4 Å². The number of hydrogen-bond donors (Lipinski definition) is 1. The highest BCUT2D eigenvalue weighted by Crippen LogP contribution is 2.31. The fourth-order valence-electron chi connectivity index (χ4n) is 2.17. The molecule has 0 bridgehead atoms. The smallest absolute Gasteiger partial charge is 0.161 e. The van der Waals surface area contributed by atoms with Crippen LogP contribution in [0.5, 0.6) is 11.5 Å². The lowest BCUT2D eigenvalue weighted by Crippen LogP contribution is -2.18. The van der Waals surface area contributed by atoms with Crippen LogP contribution < -0.4 is 14.8 Å². The Morgan fingerprint density at radius 2 is 1.72 bits per heavy atom. The maximum Gasteiger partial charge on any atom is 0.161 e. The number of methoxy groups -OCH3 is 2. The highest BCUT2D eigenvalue weighted by Gasteiger charge is 2.10. The third-order valence-corrected chi connectivity index (χ3v) is 4.18. The van der Waals surface area contributed by atoms with Gasteiger partial charge in [0.2, 0.25) is 0 Å². The van der Waals surface area contributed by atoms with Crippen LogP contribution in [-0.4, -0.2) is 27.4 Å². The standard InChI is InChI=1S/C18H21Cl2NO3.ClH/c1-22-9-8-21-11-13-6-7-17(18(10-13)23-2)24-12-14-15(19)4-3-5-16(14)20;/h3-7,10,21H,8-9,11-12H2,1-2H3;1H. The molecule has 4 nitrogen and oxygen atoms in total. The van der Waals surface area contributed by atoms with Crippen LogP contribution >= 0.6 is 35.6 Å². The molecule has 0 unspecified atom stereocenters. The van der Waals surface area contributed by atoms with E-state index < -0.39 is 0 Å². The molecule has 0 heterocycles. The van der Waals surface area contributed by atoms with Gasteiger partial charge in [-0.3, -0.25) is 0 Å². The molecule has 0 saturated carbocycles. The van der Waals surface area contributed by atoms with Crippen LogP contribution in [0.2, 0.25) is 10.0 Å². The minimum Gasteiger partial charge on any atom is -0.493 e. The van der Waals surface area contributed by atoms with Gasteiger partial charge in [-0.25, -0.2) is 0 Å². The van der Waals surface area contributed by atoms with Gasteiger partial charge in [-0.1, -0.05) is 35.3 Å². The van der Waals surface area contributed by atoms with E-state index in [1.807, 2.05) is 18.2 Å². The summed E-state index contributed by atoms with van der Waals surface area (Å²) < 4.78 is 16.3. The van der Waals surface area contributed by atoms with Gasteiger partial charge in [0.1, 0.15) is 6.61 Å². The Hall–Kier alpha value is -1.17. The van der Waals surface area contributed by atoms with Crippen LogP contribution in [0.4, 0.5) is 0 Å². The topological polar surface area (TPSA) is 39.7 Å². The first-order valence-corrected chi connectivity index (χ1v) is 8.33. The SMILES string of the molecule is COCCNCc1ccc(OCc2c(Cl)cccc2Cl)c(OC)c1.Cl. The van der Waals surface area contributed by atoms with Crippen molar-refractivity contribution in [3.63, 3.8) is 0 Å². The van der Waals surface area contributed by atoms with Crippen molar-refractivity contribution in [2.45, 2.75) is 13.2 Å². The van der Waals surface area contributed by atoms with Crippen LogP contribution in [0.3, 0.4) is 0 Å². The second-order valence-corrected chi connectivity index (χ2v) is 5.96. The Morgan fingerprint density at radius 1 is 1.00 bits per heavy atom. The van der Waals surface area contributed by atoms with E-state index in [4.69, 9.17) is 37.4 Å². The number of ether oxygens (including phenoxy) is 3. The minimum absolute atomic E-state index is 0. The summed E-state index contributed by atoms with van der Waals surface area (Å²) in [6.45, 7) is 2.48. The van der Waals surface area contributed by atoms with E-state index in [1.54, 1.807) is 32.4 Å². The van der Waals surface area contributed by atoms with E-state index in [0.29, 0.717) is 28.2 Å². The molecule has 25 heavy (non-hydrogen) atoms. The number of hydrogen-bond acceptors (Lipinski definition) is 4. The van der Waals surface area contributed by atoms with Crippen LogP contribution in [0.25, 0.3) is 0 Å². The van der Waals surface area contributed by atoms with Crippen molar-refractivity contribution < 1.29 is 14.2 Å². The van der Waals surface area contributed by atoms with Crippen molar-refractivity contribution in [1.29, 1.82) is 0 Å². The Morgan fingerprint density at radius 3 is 2.36 bits per heavy atom. The summed E-state index contributed by atoms with van der Waals surface area (Å²) in [5.74, 6) is 1.32. The van der Waals surface area contributed by atoms with Gasteiger partial charge in [-0.05, 0) is 29.8 Å². The predicted octanol–water partition coefficient (Wildman–Crippen LogP) is 4.74. The molecule has 0 aromatic heterocycles. The molecule has 0 radical (unpaired) electrons. The fourth-order valence-corrected chi connectivity index (χ4v) is 2.67. The van der Waals surface area contributed by atoms with Crippen molar-refractivity contribution in [3.05, 3.63) is 57.6 Å². The van der Waals surface area contributed by atoms with Gasteiger partial charge < -0.3 is 19.5 Å². The molecule has 0 aliphatic heterocycles. The minimum atomic E-state index is 0. The summed E-state index contributed by atoms with van der Waals surface area (Å²) in [5.41, 5.74) is 1.86. The molecule has 2 aromatic carbocycles. The summed E-state index contributed by atoms with van der Waals surface area (Å²) in [6, 6.07) is 11.2.